The smallest absolute Gasteiger partial charge is 0.243 e. The minimum atomic E-state index is -3.86. The molecule has 0 aliphatic rings. The van der Waals surface area contributed by atoms with Gasteiger partial charge in [0.25, 0.3) is 0 Å². The Balaban J connectivity index is 1.87. The van der Waals surface area contributed by atoms with E-state index in [0.717, 1.165) is 46.7 Å². The van der Waals surface area contributed by atoms with Crippen LogP contribution in [0.2, 0.25) is 5.02 Å². The van der Waals surface area contributed by atoms with E-state index in [4.69, 9.17) is 11.6 Å². The molecule has 11 heteroatoms. The van der Waals surface area contributed by atoms with Crippen molar-refractivity contribution in [2.75, 3.05) is 23.7 Å². The van der Waals surface area contributed by atoms with E-state index in [0.29, 0.717) is 11.6 Å². The monoisotopic (exact) mass is 619 g/mol. The van der Waals surface area contributed by atoms with Gasteiger partial charge in [-0.05, 0) is 48.2 Å². The predicted octanol–water partition coefficient (Wildman–Crippen LogP) is 5.72. The minimum absolute atomic E-state index is 0.0425. The lowest BCUT2D eigenvalue weighted by molar-refractivity contribution is -0.141. The Morgan fingerprint density at radius 2 is 1.62 bits per heavy atom. The third-order valence-electron chi connectivity index (χ3n) is 6.71. The van der Waals surface area contributed by atoms with Crippen LogP contribution in [-0.2, 0) is 32.6 Å². The van der Waals surface area contributed by atoms with Crippen molar-refractivity contribution in [3.8, 4) is 0 Å². The summed E-state index contributed by atoms with van der Waals surface area (Å²) >= 11 is 6.06. The average molecular weight is 620 g/mol. The van der Waals surface area contributed by atoms with Gasteiger partial charge in [0.15, 0.2) is 11.6 Å². The van der Waals surface area contributed by atoms with Crippen LogP contribution in [0.25, 0.3) is 0 Å². The third kappa shape index (κ3) is 9.80. The van der Waals surface area contributed by atoms with Crippen molar-refractivity contribution in [2.24, 2.45) is 0 Å². The fourth-order valence-corrected chi connectivity index (χ4v) is 5.57. The topological polar surface area (TPSA) is 86.8 Å². The minimum Gasteiger partial charge on any atom is -0.354 e. The van der Waals surface area contributed by atoms with Gasteiger partial charge in [-0.3, -0.25) is 13.9 Å². The molecule has 3 rings (SSSR count). The van der Waals surface area contributed by atoms with Crippen LogP contribution in [0.3, 0.4) is 0 Å². The molecule has 2 amide bonds. The van der Waals surface area contributed by atoms with E-state index in [1.54, 1.807) is 24.3 Å². The van der Waals surface area contributed by atoms with Crippen LogP contribution in [0.15, 0.2) is 72.8 Å². The van der Waals surface area contributed by atoms with Crippen molar-refractivity contribution in [1.82, 2.24) is 10.2 Å². The number of nitrogens with zero attached hydrogens (tertiary/aromatic N) is 2. The molecule has 1 unspecified atom stereocenters. The number of hydrogen-bond acceptors (Lipinski definition) is 4. The third-order valence-corrected chi connectivity index (χ3v) is 8.16. The highest BCUT2D eigenvalue weighted by atomic mass is 35.5. The van der Waals surface area contributed by atoms with Crippen LogP contribution in [0.4, 0.5) is 14.5 Å². The zero-order valence-electron chi connectivity index (χ0n) is 23.7. The number of nitrogens with one attached hydrogen (secondary N) is 1. The molecule has 0 spiro atoms. The molecule has 0 aliphatic heterocycles. The highest BCUT2D eigenvalue weighted by Gasteiger charge is 2.30. The summed E-state index contributed by atoms with van der Waals surface area (Å²) in [5, 5.41) is 3.49. The van der Waals surface area contributed by atoms with E-state index in [-0.39, 0.29) is 49.9 Å². The number of carbonyl (C=O) groups excluding carboxylic acids is 2. The Kier molecular flexibility index (Phi) is 12.3. The maximum absolute atomic E-state index is 13.9. The fraction of sp³-hybridized carbons (Fsp3) is 0.355. The first-order valence-electron chi connectivity index (χ1n) is 13.8. The van der Waals surface area contributed by atoms with Crippen molar-refractivity contribution in [2.45, 2.75) is 51.6 Å². The zero-order valence-corrected chi connectivity index (χ0v) is 25.3. The number of benzene rings is 3. The summed E-state index contributed by atoms with van der Waals surface area (Å²) in [4.78, 5) is 28.8. The summed E-state index contributed by atoms with van der Waals surface area (Å²) in [6.45, 7) is 2.48. The molecule has 0 saturated carbocycles. The number of rotatable bonds is 15. The maximum atomic E-state index is 13.9. The second kappa shape index (κ2) is 15.7. The van der Waals surface area contributed by atoms with Crippen LogP contribution in [0.1, 0.15) is 43.7 Å². The number of amides is 2. The van der Waals surface area contributed by atoms with Gasteiger partial charge in [0, 0.05) is 43.6 Å². The largest absolute Gasteiger partial charge is 0.354 e. The summed E-state index contributed by atoms with van der Waals surface area (Å²) in [5.41, 5.74) is 1.61. The molecule has 1 N–H and O–H groups in total. The first kappa shape index (κ1) is 33.0. The fourth-order valence-electron chi connectivity index (χ4n) is 4.49. The molecular formula is C31H36ClF2N3O4S. The number of carbonyl (C=O) groups is 2. The lowest BCUT2D eigenvalue weighted by Crippen LogP contribution is -2.50. The van der Waals surface area contributed by atoms with Crippen molar-refractivity contribution in [3.05, 3.63) is 101 Å². The summed E-state index contributed by atoms with van der Waals surface area (Å²) in [5.74, 6) is -2.91. The molecule has 1 atom stereocenters. The van der Waals surface area contributed by atoms with E-state index in [9.17, 15) is 26.8 Å². The summed E-state index contributed by atoms with van der Waals surface area (Å²) in [7, 11) is -3.86. The summed E-state index contributed by atoms with van der Waals surface area (Å²) < 4.78 is 53.2. The van der Waals surface area contributed by atoms with Gasteiger partial charge >= 0.3 is 0 Å². The molecule has 7 nitrogen and oxygen atoms in total. The summed E-state index contributed by atoms with van der Waals surface area (Å²) in [6.07, 6.45) is 2.92. The molecule has 0 radical (unpaired) electrons. The Morgan fingerprint density at radius 3 is 2.24 bits per heavy atom. The average Bonchev–Trinajstić information content (AvgIpc) is 2.95. The van der Waals surface area contributed by atoms with Gasteiger partial charge in [-0.25, -0.2) is 17.2 Å². The Hall–Kier alpha value is -3.50. The Labute approximate surface area is 251 Å². The van der Waals surface area contributed by atoms with Gasteiger partial charge in [0.2, 0.25) is 21.8 Å². The predicted molar refractivity (Wildman–Crippen MR) is 162 cm³/mol. The first-order valence-corrected chi connectivity index (χ1v) is 16.0. The lowest BCUT2D eigenvalue weighted by Gasteiger charge is -2.32. The van der Waals surface area contributed by atoms with Gasteiger partial charge < -0.3 is 10.2 Å². The Morgan fingerprint density at radius 1 is 0.929 bits per heavy atom. The molecule has 3 aromatic carbocycles. The van der Waals surface area contributed by atoms with Crippen LogP contribution in [-0.4, -0.2) is 50.5 Å². The van der Waals surface area contributed by atoms with E-state index in [1.165, 1.54) is 11.0 Å². The van der Waals surface area contributed by atoms with Gasteiger partial charge in [0.1, 0.15) is 6.04 Å². The number of anilines is 1. The second-order valence-corrected chi connectivity index (χ2v) is 12.4. The van der Waals surface area contributed by atoms with Crippen molar-refractivity contribution in [3.63, 3.8) is 0 Å². The van der Waals surface area contributed by atoms with Gasteiger partial charge in [0.05, 0.1) is 11.9 Å². The highest BCUT2D eigenvalue weighted by Crippen LogP contribution is 2.22. The van der Waals surface area contributed by atoms with Gasteiger partial charge in [-0.1, -0.05) is 67.4 Å². The molecule has 42 heavy (non-hydrogen) atoms. The summed E-state index contributed by atoms with van der Waals surface area (Å²) in [6, 6.07) is 18.4. The van der Waals surface area contributed by atoms with E-state index >= 15 is 0 Å². The molecule has 226 valence electrons. The van der Waals surface area contributed by atoms with E-state index < -0.39 is 27.7 Å². The van der Waals surface area contributed by atoms with E-state index in [1.807, 2.05) is 37.3 Å². The van der Waals surface area contributed by atoms with E-state index in [2.05, 4.69) is 5.32 Å². The standard InChI is InChI=1S/C31H36ClF2N3O4S/c1-3-4-18-35-31(39)29(20-23-9-6-5-7-10-23)36(22-24-12-14-25(32)15-13-24)30(38)11-8-19-37(42(2,40)41)26-16-17-27(33)28(34)21-26/h5-7,9-10,12-17,21,29H,3-4,8,11,18-20,22H2,1-2H3,(H,35,39). The molecule has 0 fully saturated rings. The number of hydrogen-bond donors (Lipinski definition) is 1. The van der Waals surface area contributed by atoms with Crippen LogP contribution < -0.4 is 9.62 Å². The molecule has 0 aromatic heterocycles. The quantitative estimate of drug-likeness (QED) is 0.221. The molecule has 0 aliphatic carbocycles. The van der Waals surface area contributed by atoms with Crippen molar-refractivity contribution < 1.29 is 26.8 Å². The molecule has 0 bridgehead atoms. The lowest BCUT2D eigenvalue weighted by atomic mass is 10.0. The van der Waals surface area contributed by atoms with Crippen LogP contribution in [0, 0.1) is 11.6 Å². The molecule has 0 saturated heterocycles. The first-order chi connectivity index (χ1) is 20.0. The number of halogens is 3. The molecule has 0 heterocycles. The highest BCUT2D eigenvalue weighted by molar-refractivity contribution is 7.92. The number of sulfonamides is 1. The zero-order chi connectivity index (χ0) is 30.7. The second-order valence-electron chi connectivity index (χ2n) is 10.0. The maximum Gasteiger partial charge on any atom is 0.243 e. The van der Waals surface area contributed by atoms with Gasteiger partial charge in [-0.2, -0.15) is 0 Å². The molecule has 3 aromatic rings. The van der Waals surface area contributed by atoms with Gasteiger partial charge in [-0.15, -0.1) is 0 Å². The van der Waals surface area contributed by atoms with Crippen molar-refractivity contribution in [1.29, 1.82) is 0 Å². The van der Waals surface area contributed by atoms with Crippen molar-refractivity contribution >= 4 is 39.1 Å². The molecular weight excluding hydrogens is 584 g/mol. The SMILES string of the molecule is CCCCNC(=O)C(Cc1ccccc1)N(Cc1ccc(Cl)cc1)C(=O)CCCN(c1ccc(F)c(F)c1)S(C)(=O)=O. The van der Waals surface area contributed by atoms with Crippen LogP contribution in [0.5, 0.6) is 0 Å². The number of unbranched alkanes of at least 4 members (excludes halogenated alkanes) is 1. The normalized spacial score (nSPS) is 12.0. The van der Waals surface area contributed by atoms with Crippen LogP contribution >= 0.6 is 11.6 Å². The Bertz CT molecular complexity index is 1440.